The summed E-state index contributed by atoms with van der Waals surface area (Å²) in [5.74, 6) is 0.937. The maximum atomic E-state index is 5.83. The predicted molar refractivity (Wildman–Crippen MR) is 87.8 cm³/mol. The summed E-state index contributed by atoms with van der Waals surface area (Å²) in [6, 6.07) is 8.27. The molecular formula is C16H23N3OS. The van der Waals surface area contributed by atoms with E-state index in [9.17, 15) is 0 Å². The topological polar surface area (TPSA) is 37.4 Å². The molecule has 0 aliphatic heterocycles. The number of likely N-dealkylation sites (N-methyl/N-ethyl adjacent to an activating group) is 1. The van der Waals surface area contributed by atoms with Crippen LogP contribution in [0, 0.1) is 0 Å². The minimum absolute atomic E-state index is 0.686. The van der Waals surface area contributed by atoms with Crippen molar-refractivity contribution in [3.05, 3.63) is 46.4 Å². The molecule has 0 aliphatic carbocycles. The molecule has 0 amide bonds. The molecule has 5 heteroatoms. The number of benzene rings is 1. The van der Waals surface area contributed by atoms with Crippen molar-refractivity contribution in [2.24, 2.45) is 0 Å². The van der Waals surface area contributed by atoms with E-state index in [1.807, 2.05) is 17.6 Å². The number of rotatable bonds is 9. The summed E-state index contributed by atoms with van der Waals surface area (Å²) in [7, 11) is 2.09. The van der Waals surface area contributed by atoms with Crippen LogP contribution < -0.4 is 10.1 Å². The molecule has 0 aliphatic rings. The van der Waals surface area contributed by atoms with Crippen LogP contribution in [0.5, 0.6) is 5.75 Å². The fourth-order valence-electron chi connectivity index (χ4n) is 2.01. The number of thiazole rings is 1. The SMILES string of the molecule is CCNCc1cccc(OCCN(C)Cc2cscn2)c1. The molecule has 0 fully saturated rings. The lowest BCUT2D eigenvalue weighted by Gasteiger charge is -2.16. The maximum Gasteiger partial charge on any atom is 0.119 e. The van der Waals surface area contributed by atoms with Gasteiger partial charge in [-0.25, -0.2) is 4.98 Å². The van der Waals surface area contributed by atoms with Gasteiger partial charge in [0.05, 0.1) is 11.2 Å². The van der Waals surface area contributed by atoms with Gasteiger partial charge in [0.2, 0.25) is 0 Å². The smallest absolute Gasteiger partial charge is 0.119 e. The van der Waals surface area contributed by atoms with Crippen molar-refractivity contribution in [3.8, 4) is 5.75 Å². The summed E-state index contributed by atoms with van der Waals surface area (Å²) in [4.78, 5) is 6.51. The van der Waals surface area contributed by atoms with Gasteiger partial charge in [-0.1, -0.05) is 19.1 Å². The van der Waals surface area contributed by atoms with Gasteiger partial charge in [0, 0.05) is 25.0 Å². The van der Waals surface area contributed by atoms with Gasteiger partial charge in [-0.15, -0.1) is 11.3 Å². The minimum Gasteiger partial charge on any atom is -0.492 e. The van der Waals surface area contributed by atoms with Crippen molar-refractivity contribution in [1.29, 1.82) is 0 Å². The molecule has 0 saturated carbocycles. The summed E-state index contributed by atoms with van der Waals surface area (Å²) in [6.07, 6.45) is 0. The molecule has 2 aromatic rings. The molecule has 114 valence electrons. The summed E-state index contributed by atoms with van der Waals surface area (Å²) < 4.78 is 5.83. The average molecular weight is 305 g/mol. The molecule has 1 aromatic heterocycles. The van der Waals surface area contributed by atoms with Crippen LogP contribution in [0.4, 0.5) is 0 Å². The number of nitrogens with one attached hydrogen (secondary N) is 1. The van der Waals surface area contributed by atoms with Crippen LogP contribution in [0.25, 0.3) is 0 Å². The molecule has 0 bridgehead atoms. The summed E-state index contributed by atoms with van der Waals surface area (Å²) >= 11 is 1.64. The maximum absolute atomic E-state index is 5.83. The number of hydrogen-bond donors (Lipinski definition) is 1. The monoisotopic (exact) mass is 305 g/mol. The van der Waals surface area contributed by atoms with E-state index in [1.54, 1.807) is 11.3 Å². The Balaban J connectivity index is 1.72. The lowest BCUT2D eigenvalue weighted by Crippen LogP contribution is -2.24. The zero-order valence-corrected chi connectivity index (χ0v) is 13.5. The molecule has 0 saturated heterocycles. The first kappa shape index (κ1) is 15.9. The van der Waals surface area contributed by atoms with Crippen LogP contribution in [0.1, 0.15) is 18.2 Å². The molecule has 0 atom stereocenters. The Hall–Kier alpha value is -1.43. The van der Waals surface area contributed by atoms with Gasteiger partial charge < -0.3 is 10.1 Å². The first-order valence-corrected chi connectivity index (χ1v) is 8.20. The van der Waals surface area contributed by atoms with E-state index in [0.29, 0.717) is 6.61 Å². The van der Waals surface area contributed by atoms with Crippen molar-refractivity contribution in [3.63, 3.8) is 0 Å². The Bertz CT molecular complexity index is 516. The Morgan fingerprint density at radius 1 is 1.38 bits per heavy atom. The zero-order chi connectivity index (χ0) is 14.9. The van der Waals surface area contributed by atoms with Crippen molar-refractivity contribution < 1.29 is 4.74 Å². The molecule has 1 N–H and O–H groups in total. The van der Waals surface area contributed by atoms with Crippen molar-refractivity contribution >= 4 is 11.3 Å². The summed E-state index contributed by atoms with van der Waals surface area (Å²) in [5.41, 5.74) is 4.25. The third-order valence-corrected chi connectivity index (χ3v) is 3.77. The Morgan fingerprint density at radius 2 is 2.29 bits per heavy atom. The second-order valence-electron chi connectivity index (χ2n) is 4.99. The van der Waals surface area contributed by atoms with Crippen LogP contribution in [-0.4, -0.2) is 36.6 Å². The second kappa shape index (κ2) is 8.77. The normalized spacial score (nSPS) is 11.0. The van der Waals surface area contributed by atoms with Crippen LogP contribution in [0.2, 0.25) is 0 Å². The Labute approximate surface area is 130 Å². The van der Waals surface area contributed by atoms with Gasteiger partial charge in [-0.2, -0.15) is 0 Å². The fraction of sp³-hybridized carbons (Fsp3) is 0.438. The van der Waals surface area contributed by atoms with Gasteiger partial charge in [0.15, 0.2) is 0 Å². The summed E-state index contributed by atoms with van der Waals surface area (Å²) in [5, 5.41) is 5.41. The molecule has 0 spiro atoms. The molecule has 1 aromatic carbocycles. The van der Waals surface area contributed by atoms with E-state index in [-0.39, 0.29) is 0 Å². The lowest BCUT2D eigenvalue weighted by atomic mass is 10.2. The highest BCUT2D eigenvalue weighted by Gasteiger charge is 2.03. The Kier molecular flexibility index (Phi) is 6.66. The van der Waals surface area contributed by atoms with E-state index in [2.05, 4.69) is 46.7 Å². The van der Waals surface area contributed by atoms with Crippen molar-refractivity contribution in [1.82, 2.24) is 15.2 Å². The Morgan fingerprint density at radius 3 is 3.05 bits per heavy atom. The molecule has 2 rings (SSSR count). The van der Waals surface area contributed by atoms with Crippen LogP contribution in [0.15, 0.2) is 35.2 Å². The molecule has 21 heavy (non-hydrogen) atoms. The third kappa shape index (κ3) is 5.83. The van der Waals surface area contributed by atoms with Crippen LogP contribution in [-0.2, 0) is 13.1 Å². The standard InChI is InChI=1S/C16H23N3OS/c1-3-17-10-14-5-4-6-16(9-14)20-8-7-19(2)11-15-12-21-13-18-15/h4-6,9,12-13,17H,3,7-8,10-11H2,1-2H3. The minimum atomic E-state index is 0.686. The third-order valence-electron chi connectivity index (χ3n) is 3.13. The number of ether oxygens (including phenoxy) is 1. The summed E-state index contributed by atoms with van der Waals surface area (Å²) in [6.45, 7) is 6.41. The van der Waals surface area contributed by atoms with Crippen LogP contribution >= 0.6 is 11.3 Å². The van der Waals surface area contributed by atoms with E-state index >= 15 is 0 Å². The van der Waals surface area contributed by atoms with E-state index in [0.717, 1.165) is 37.6 Å². The van der Waals surface area contributed by atoms with E-state index in [4.69, 9.17) is 4.74 Å². The highest BCUT2D eigenvalue weighted by molar-refractivity contribution is 7.07. The lowest BCUT2D eigenvalue weighted by molar-refractivity contribution is 0.231. The second-order valence-corrected chi connectivity index (χ2v) is 5.71. The van der Waals surface area contributed by atoms with Gasteiger partial charge in [-0.05, 0) is 31.3 Å². The van der Waals surface area contributed by atoms with Crippen molar-refractivity contribution in [2.45, 2.75) is 20.0 Å². The first-order valence-electron chi connectivity index (χ1n) is 7.26. The average Bonchev–Trinajstić information content (AvgIpc) is 2.98. The van der Waals surface area contributed by atoms with Gasteiger partial charge in [-0.3, -0.25) is 4.90 Å². The fourth-order valence-corrected chi connectivity index (χ4v) is 2.55. The quantitative estimate of drug-likeness (QED) is 0.773. The van der Waals surface area contributed by atoms with E-state index < -0.39 is 0 Å². The van der Waals surface area contributed by atoms with Crippen LogP contribution in [0.3, 0.4) is 0 Å². The number of nitrogens with zero attached hydrogens (tertiary/aromatic N) is 2. The van der Waals surface area contributed by atoms with E-state index in [1.165, 1.54) is 5.56 Å². The number of hydrogen-bond acceptors (Lipinski definition) is 5. The van der Waals surface area contributed by atoms with Gasteiger partial charge in [0.25, 0.3) is 0 Å². The molecule has 0 unspecified atom stereocenters. The molecular weight excluding hydrogens is 282 g/mol. The first-order chi connectivity index (χ1) is 10.3. The largest absolute Gasteiger partial charge is 0.492 e. The highest BCUT2D eigenvalue weighted by Crippen LogP contribution is 2.13. The molecule has 1 heterocycles. The highest BCUT2D eigenvalue weighted by atomic mass is 32.1. The van der Waals surface area contributed by atoms with Crippen molar-refractivity contribution in [2.75, 3.05) is 26.7 Å². The molecule has 4 nitrogen and oxygen atoms in total. The molecule has 0 radical (unpaired) electrons. The number of aromatic nitrogens is 1. The zero-order valence-electron chi connectivity index (χ0n) is 12.7. The predicted octanol–water partition coefficient (Wildman–Crippen LogP) is 2.76. The van der Waals surface area contributed by atoms with Gasteiger partial charge in [0.1, 0.15) is 12.4 Å². The van der Waals surface area contributed by atoms with Gasteiger partial charge >= 0.3 is 0 Å².